The molecule has 24 nitrogen and oxygen atoms in total. The predicted octanol–water partition coefficient (Wildman–Crippen LogP) is 3.03. The van der Waals surface area contributed by atoms with Gasteiger partial charge in [0.2, 0.25) is 0 Å². The van der Waals surface area contributed by atoms with Gasteiger partial charge in [-0.2, -0.15) is 0 Å². The van der Waals surface area contributed by atoms with Crippen LogP contribution in [0, 0.1) is 0 Å². The number of nitrogens with zero attached hydrogens (tertiary/aromatic N) is 2. The van der Waals surface area contributed by atoms with Crippen LogP contribution in [0.15, 0.2) is 48.5 Å². The first kappa shape index (κ1) is 58.3. The number of hydrogen-bond acceptors (Lipinski definition) is 18. The average Bonchev–Trinajstić information content (AvgIpc) is 3.40. The number of phenols is 8. The van der Waals surface area contributed by atoms with Crippen molar-refractivity contribution >= 4 is 47.0 Å². The van der Waals surface area contributed by atoms with Gasteiger partial charge in [-0.15, -0.1) is 0 Å². The van der Waals surface area contributed by atoms with Gasteiger partial charge in [0, 0.05) is 92.6 Å². The molecule has 0 spiro atoms. The Balaban J connectivity index is 1.44. The molecule has 3 aliphatic heterocycles. The van der Waals surface area contributed by atoms with Gasteiger partial charge < -0.3 is 81.4 Å². The molecule has 4 aromatic rings. The third-order valence-corrected chi connectivity index (χ3v) is 12.3. The van der Waals surface area contributed by atoms with Crippen molar-refractivity contribution in [3.05, 3.63) is 93.0 Å². The Morgan fingerprint density at radius 1 is 0.408 bits per heavy atom. The fourth-order valence-electron chi connectivity index (χ4n) is 8.12. The average molecular weight is 1060 g/mol. The summed E-state index contributed by atoms with van der Waals surface area (Å²) in [6, 6.07) is 9.07. The van der Waals surface area contributed by atoms with Crippen LogP contribution in [0.2, 0.25) is 0 Å². The molecule has 0 saturated carbocycles. The molecule has 12 N–H and O–H groups in total. The van der Waals surface area contributed by atoms with Crippen molar-refractivity contribution in [2.45, 2.75) is 51.4 Å². The van der Waals surface area contributed by atoms with Gasteiger partial charge in [-0.3, -0.25) is 38.4 Å². The molecule has 76 heavy (non-hydrogen) atoms. The molecular formula is C52H62N6O18. The minimum absolute atomic E-state index is 0.0234. The van der Waals surface area contributed by atoms with Gasteiger partial charge in [0.15, 0.2) is 57.6 Å². The molecule has 0 unspecified atom stereocenters. The lowest BCUT2D eigenvalue weighted by molar-refractivity contribution is 0.0714. The van der Waals surface area contributed by atoms with E-state index in [4.69, 9.17) is 9.47 Å². The van der Waals surface area contributed by atoms with E-state index in [-0.39, 0.29) is 126 Å². The lowest BCUT2D eigenvalue weighted by Crippen LogP contribution is -2.37. The van der Waals surface area contributed by atoms with E-state index in [2.05, 4.69) is 21.3 Å². The smallest absolute Gasteiger partial charge is 0.257 e. The first-order chi connectivity index (χ1) is 36.3. The van der Waals surface area contributed by atoms with Gasteiger partial charge in [-0.05, 0) is 87.1 Å². The van der Waals surface area contributed by atoms with Gasteiger partial charge in [-0.25, -0.2) is 0 Å². The lowest BCUT2D eigenvalue weighted by Gasteiger charge is -2.26. The molecule has 0 atom stereocenters. The first-order valence-corrected chi connectivity index (χ1v) is 24.3. The molecule has 0 aromatic heterocycles. The zero-order valence-electron chi connectivity index (χ0n) is 41.9. The third-order valence-electron chi connectivity index (χ3n) is 12.3. The number of phenolic OH excluding ortho intramolecular Hbond substituents is 8. The van der Waals surface area contributed by atoms with Crippen LogP contribution >= 0.6 is 0 Å². The predicted molar refractivity (Wildman–Crippen MR) is 270 cm³/mol. The third kappa shape index (κ3) is 14.3. The molecule has 3 heterocycles. The summed E-state index contributed by atoms with van der Waals surface area (Å²) in [5.74, 6) is -13.2. The standard InChI is InChI=1S/C52H62N6O18/c1-75-27-5-9-37(59)29-11-17-35(45(67)39(29)61)51(73)57-23-3-4-24-58(52(74)36-18-12-30(40(62)46(36)68)38(60)10-6-28-76-2)26-8-20-54-48(70)32-14-16-34(44(66)42(32)64)50(72)56-22-21-55-49(71)33-15-13-31(41(63)43(33)65)47(69)53-19-7-25-57/h11-18,61-68H,3-10,19-28H2,1-2H3,(H,53,69)(H,54,70)(H,55,71)(H,56,72). The monoisotopic (exact) mass is 1060 g/mol. The number of Topliss-reactive ketones (excluding diaryl/α,β-unsaturated/α-hetero) is 2. The summed E-state index contributed by atoms with van der Waals surface area (Å²) in [5, 5.41) is 96.8. The summed E-state index contributed by atoms with van der Waals surface area (Å²) in [7, 11) is 2.92. The second-order valence-electron chi connectivity index (χ2n) is 17.5. The first-order valence-electron chi connectivity index (χ1n) is 24.3. The number of fused-ring (bicyclic) bond motifs is 2. The number of nitrogens with one attached hydrogen (secondary N) is 4. The number of carbonyl (C=O) groups is 8. The van der Waals surface area contributed by atoms with E-state index < -0.39 is 115 Å². The molecular weight excluding hydrogens is 997 g/mol. The lowest BCUT2D eigenvalue weighted by atomic mass is 10.0. The molecule has 4 bridgehead atoms. The summed E-state index contributed by atoms with van der Waals surface area (Å²) in [4.78, 5) is 109. The number of amides is 6. The molecule has 0 fully saturated rings. The van der Waals surface area contributed by atoms with Gasteiger partial charge >= 0.3 is 0 Å². The molecule has 7 rings (SSSR count). The number of benzene rings is 4. The zero-order chi connectivity index (χ0) is 55.6. The minimum atomic E-state index is -0.935. The number of aromatic hydroxyl groups is 8. The number of rotatable bonds is 12. The molecule has 4 aromatic carbocycles. The Hall–Kier alpha value is -8.64. The van der Waals surface area contributed by atoms with Crippen molar-refractivity contribution in [3.8, 4) is 46.0 Å². The van der Waals surface area contributed by atoms with E-state index in [1.54, 1.807) is 0 Å². The molecule has 24 heteroatoms. The maximum Gasteiger partial charge on any atom is 0.257 e. The Kier molecular flexibility index (Phi) is 21.1. The Morgan fingerprint density at radius 2 is 0.684 bits per heavy atom. The molecule has 0 saturated heterocycles. The molecule has 6 amide bonds. The van der Waals surface area contributed by atoms with Gasteiger partial charge in [-0.1, -0.05) is 0 Å². The van der Waals surface area contributed by atoms with E-state index in [9.17, 15) is 79.2 Å². The Labute approximate surface area is 435 Å². The molecule has 0 aliphatic carbocycles. The molecule has 3 aliphatic rings. The van der Waals surface area contributed by atoms with E-state index in [1.165, 1.54) is 48.3 Å². The number of hydrogen-bond donors (Lipinski definition) is 12. The fourth-order valence-corrected chi connectivity index (χ4v) is 8.12. The number of carbonyl (C=O) groups excluding carboxylic acids is 8. The van der Waals surface area contributed by atoms with Crippen molar-refractivity contribution in [2.75, 3.05) is 79.8 Å². The van der Waals surface area contributed by atoms with E-state index in [0.717, 1.165) is 24.3 Å². The highest BCUT2D eigenvalue weighted by molar-refractivity contribution is 6.06. The van der Waals surface area contributed by atoms with Crippen LogP contribution in [0.25, 0.3) is 0 Å². The van der Waals surface area contributed by atoms with Crippen LogP contribution in [0.3, 0.4) is 0 Å². The highest BCUT2D eigenvalue weighted by Gasteiger charge is 2.28. The van der Waals surface area contributed by atoms with Crippen LogP contribution in [0.1, 0.15) is 134 Å². The van der Waals surface area contributed by atoms with Crippen molar-refractivity contribution < 1.29 is 88.7 Å². The van der Waals surface area contributed by atoms with Gasteiger partial charge in [0.25, 0.3) is 35.4 Å². The maximum absolute atomic E-state index is 14.2. The number of ketones is 2. The Morgan fingerprint density at radius 3 is 1.00 bits per heavy atom. The van der Waals surface area contributed by atoms with E-state index in [0.29, 0.717) is 12.8 Å². The van der Waals surface area contributed by atoms with E-state index >= 15 is 0 Å². The summed E-state index contributed by atoms with van der Waals surface area (Å²) in [5.41, 5.74) is -2.85. The van der Waals surface area contributed by atoms with Gasteiger partial charge in [0.05, 0.1) is 44.5 Å². The van der Waals surface area contributed by atoms with Crippen LogP contribution in [0.5, 0.6) is 46.0 Å². The Bertz CT molecular complexity index is 2650. The normalized spacial score (nSPS) is 14.8. The fraction of sp³-hybridized carbons (Fsp3) is 0.385. The highest BCUT2D eigenvalue weighted by atomic mass is 16.5. The summed E-state index contributed by atoms with van der Waals surface area (Å²) >= 11 is 0. The van der Waals surface area contributed by atoms with Crippen molar-refractivity contribution in [1.82, 2.24) is 31.1 Å². The summed E-state index contributed by atoms with van der Waals surface area (Å²) in [6.07, 6.45) is 1.01. The second-order valence-corrected chi connectivity index (χ2v) is 17.5. The molecule has 0 radical (unpaired) electrons. The maximum atomic E-state index is 14.2. The van der Waals surface area contributed by atoms with Crippen LogP contribution < -0.4 is 21.3 Å². The van der Waals surface area contributed by atoms with Crippen molar-refractivity contribution in [2.24, 2.45) is 0 Å². The topological polar surface area (TPSA) is 371 Å². The van der Waals surface area contributed by atoms with E-state index in [1.807, 2.05) is 0 Å². The van der Waals surface area contributed by atoms with Crippen molar-refractivity contribution in [3.63, 3.8) is 0 Å². The molecule has 408 valence electrons. The highest BCUT2D eigenvalue weighted by Crippen LogP contribution is 2.37. The minimum Gasteiger partial charge on any atom is -0.504 e. The second kappa shape index (κ2) is 27.6. The quantitative estimate of drug-likeness (QED) is 0.0551. The largest absolute Gasteiger partial charge is 0.504 e. The zero-order valence-corrected chi connectivity index (χ0v) is 41.9. The van der Waals surface area contributed by atoms with Crippen LogP contribution in [-0.2, 0) is 9.47 Å². The van der Waals surface area contributed by atoms with Crippen LogP contribution in [0.4, 0.5) is 0 Å². The van der Waals surface area contributed by atoms with Crippen LogP contribution in [-0.4, -0.2) is 177 Å². The number of methoxy groups -OCH3 is 2. The summed E-state index contributed by atoms with van der Waals surface area (Å²) in [6.45, 7) is -0.544. The van der Waals surface area contributed by atoms with Gasteiger partial charge in [0.1, 0.15) is 0 Å². The van der Waals surface area contributed by atoms with Crippen molar-refractivity contribution in [1.29, 1.82) is 0 Å². The summed E-state index contributed by atoms with van der Waals surface area (Å²) < 4.78 is 9.96. The SMILES string of the molecule is COCCCC(=O)c1ccc(C(=O)N2CCCCN(C(=O)c3ccc(C(=O)CCCOC)c(O)c3O)CCCNC(=O)c3ccc(c(O)c3O)C(=O)NCCNC(=O)c3ccc(c(O)c3O)C(=O)NCCC2)c(O)c1O. The number of ether oxygens (including phenoxy) is 2.